The SMILES string of the molecule is CCC(C(C)=O)n1ccnc(NCCn2cncn2)c1=O. The molecule has 8 nitrogen and oxygen atoms in total. The van der Waals surface area contributed by atoms with Crippen molar-refractivity contribution in [2.75, 3.05) is 11.9 Å². The standard InChI is InChI=1S/C13H18N6O2/c1-3-11(10(2)20)19-7-5-16-12(13(19)21)15-4-6-18-9-14-8-17-18/h5,7-9,11H,3-4,6H2,1-2H3,(H,15,16). The number of hydrogen-bond acceptors (Lipinski definition) is 6. The number of carbonyl (C=O) groups excluding carboxylic acids is 1. The maximum Gasteiger partial charge on any atom is 0.293 e. The molecule has 112 valence electrons. The number of anilines is 1. The second-order valence-corrected chi connectivity index (χ2v) is 4.61. The molecule has 0 bridgehead atoms. The molecule has 0 aliphatic carbocycles. The number of rotatable bonds is 7. The van der Waals surface area contributed by atoms with Crippen LogP contribution in [-0.2, 0) is 11.3 Å². The summed E-state index contributed by atoms with van der Waals surface area (Å²) in [6, 6.07) is -0.448. The smallest absolute Gasteiger partial charge is 0.293 e. The summed E-state index contributed by atoms with van der Waals surface area (Å²) >= 11 is 0. The summed E-state index contributed by atoms with van der Waals surface area (Å²) < 4.78 is 3.08. The highest BCUT2D eigenvalue weighted by Crippen LogP contribution is 2.10. The Kier molecular flexibility index (Phi) is 4.81. The maximum atomic E-state index is 12.3. The van der Waals surface area contributed by atoms with Gasteiger partial charge in [-0.05, 0) is 13.3 Å². The normalized spacial score (nSPS) is 12.1. The van der Waals surface area contributed by atoms with E-state index in [1.165, 1.54) is 24.0 Å². The predicted octanol–water partition coefficient (Wildman–Crippen LogP) is 0.487. The van der Waals surface area contributed by atoms with Crippen molar-refractivity contribution in [2.45, 2.75) is 32.9 Å². The van der Waals surface area contributed by atoms with Gasteiger partial charge in [0.25, 0.3) is 5.56 Å². The Morgan fingerprint density at radius 1 is 1.48 bits per heavy atom. The van der Waals surface area contributed by atoms with Gasteiger partial charge >= 0.3 is 0 Å². The van der Waals surface area contributed by atoms with E-state index in [1.807, 2.05) is 6.92 Å². The second kappa shape index (κ2) is 6.78. The summed E-state index contributed by atoms with van der Waals surface area (Å²) in [6.45, 7) is 4.42. The molecule has 0 saturated heterocycles. The topological polar surface area (TPSA) is 94.7 Å². The summed E-state index contributed by atoms with van der Waals surface area (Å²) in [7, 11) is 0. The molecule has 2 rings (SSSR count). The van der Waals surface area contributed by atoms with Crippen LogP contribution in [0.4, 0.5) is 5.82 Å². The average Bonchev–Trinajstić information content (AvgIpc) is 2.96. The quantitative estimate of drug-likeness (QED) is 0.797. The van der Waals surface area contributed by atoms with Crippen LogP contribution in [0.1, 0.15) is 26.3 Å². The molecular weight excluding hydrogens is 272 g/mol. The van der Waals surface area contributed by atoms with Crippen molar-refractivity contribution in [2.24, 2.45) is 0 Å². The van der Waals surface area contributed by atoms with Gasteiger partial charge in [0.2, 0.25) is 0 Å². The minimum Gasteiger partial charge on any atom is -0.364 e. The van der Waals surface area contributed by atoms with Gasteiger partial charge in [0.1, 0.15) is 12.7 Å². The first-order chi connectivity index (χ1) is 10.1. The van der Waals surface area contributed by atoms with Crippen LogP contribution in [0.3, 0.4) is 0 Å². The van der Waals surface area contributed by atoms with Crippen LogP contribution >= 0.6 is 0 Å². The van der Waals surface area contributed by atoms with E-state index in [4.69, 9.17) is 0 Å². The molecule has 0 fully saturated rings. The van der Waals surface area contributed by atoms with E-state index < -0.39 is 6.04 Å². The zero-order valence-corrected chi connectivity index (χ0v) is 12.1. The second-order valence-electron chi connectivity index (χ2n) is 4.61. The van der Waals surface area contributed by atoms with Crippen LogP contribution < -0.4 is 10.9 Å². The average molecular weight is 290 g/mol. The minimum atomic E-state index is -0.448. The van der Waals surface area contributed by atoms with Crippen LogP contribution in [0.15, 0.2) is 29.8 Å². The van der Waals surface area contributed by atoms with Crippen LogP contribution in [-0.4, -0.2) is 36.6 Å². The van der Waals surface area contributed by atoms with Gasteiger partial charge in [-0.1, -0.05) is 6.92 Å². The van der Waals surface area contributed by atoms with Crippen LogP contribution in [0, 0.1) is 0 Å². The lowest BCUT2D eigenvalue weighted by atomic mass is 10.1. The summed E-state index contributed by atoms with van der Waals surface area (Å²) in [6.07, 6.45) is 6.68. The Bertz CT molecular complexity index is 649. The van der Waals surface area contributed by atoms with E-state index in [-0.39, 0.29) is 17.2 Å². The van der Waals surface area contributed by atoms with E-state index in [0.29, 0.717) is 19.5 Å². The van der Waals surface area contributed by atoms with E-state index >= 15 is 0 Å². The van der Waals surface area contributed by atoms with Crippen molar-refractivity contribution in [3.8, 4) is 0 Å². The van der Waals surface area contributed by atoms with E-state index in [9.17, 15) is 9.59 Å². The van der Waals surface area contributed by atoms with Gasteiger partial charge in [0, 0.05) is 18.9 Å². The molecule has 0 aromatic carbocycles. The Morgan fingerprint density at radius 3 is 2.90 bits per heavy atom. The molecule has 21 heavy (non-hydrogen) atoms. The fourth-order valence-electron chi connectivity index (χ4n) is 2.11. The monoisotopic (exact) mass is 290 g/mol. The van der Waals surface area contributed by atoms with Crippen molar-refractivity contribution < 1.29 is 4.79 Å². The lowest BCUT2D eigenvalue weighted by molar-refractivity contribution is -0.120. The first-order valence-corrected chi connectivity index (χ1v) is 6.77. The molecule has 0 saturated carbocycles. The third kappa shape index (κ3) is 3.53. The highest BCUT2D eigenvalue weighted by Gasteiger charge is 2.16. The molecule has 0 spiro atoms. The first-order valence-electron chi connectivity index (χ1n) is 6.77. The molecule has 2 aromatic rings. The lowest BCUT2D eigenvalue weighted by Gasteiger charge is -2.15. The van der Waals surface area contributed by atoms with Gasteiger partial charge in [-0.2, -0.15) is 5.10 Å². The van der Waals surface area contributed by atoms with Crippen LogP contribution in [0.2, 0.25) is 0 Å². The van der Waals surface area contributed by atoms with E-state index in [2.05, 4.69) is 20.4 Å². The van der Waals surface area contributed by atoms with Crippen molar-refractivity contribution in [3.05, 3.63) is 35.4 Å². The van der Waals surface area contributed by atoms with Gasteiger partial charge in [-0.25, -0.2) is 9.97 Å². The van der Waals surface area contributed by atoms with Crippen molar-refractivity contribution in [3.63, 3.8) is 0 Å². The van der Waals surface area contributed by atoms with E-state index in [1.54, 1.807) is 17.2 Å². The molecule has 0 radical (unpaired) electrons. The Balaban J connectivity index is 2.10. The highest BCUT2D eigenvalue weighted by molar-refractivity contribution is 5.79. The summed E-state index contributed by atoms with van der Waals surface area (Å²) in [5.74, 6) is 0.191. The van der Waals surface area contributed by atoms with Crippen molar-refractivity contribution in [1.82, 2.24) is 24.3 Å². The Labute approximate surface area is 121 Å². The Morgan fingerprint density at radius 2 is 2.29 bits per heavy atom. The number of aromatic nitrogens is 5. The number of carbonyl (C=O) groups is 1. The largest absolute Gasteiger partial charge is 0.364 e. The maximum absolute atomic E-state index is 12.3. The van der Waals surface area contributed by atoms with Crippen LogP contribution in [0.5, 0.6) is 0 Å². The highest BCUT2D eigenvalue weighted by atomic mass is 16.1. The lowest BCUT2D eigenvalue weighted by Crippen LogP contribution is -2.31. The number of nitrogens with one attached hydrogen (secondary N) is 1. The number of nitrogens with zero attached hydrogens (tertiary/aromatic N) is 5. The first kappa shape index (κ1) is 14.9. The summed E-state index contributed by atoms with van der Waals surface area (Å²) in [4.78, 5) is 31.8. The molecule has 8 heteroatoms. The molecule has 0 aliphatic rings. The summed E-state index contributed by atoms with van der Waals surface area (Å²) in [5.41, 5.74) is -0.293. The zero-order chi connectivity index (χ0) is 15.2. The third-order valence-electron chi connectivity index (χ3n) is 3.16. The molecular formula is C13H18N6O2. The molecule has 2 aromatic heterocycles. The molecule has 0 aliphatic heterocycles. The zero-order valence-electron chi connectivity index (χ0n) is 12.1. The van der Waals surface area contributed by atoms with Gasteiger partial charge in [0.15, 0.2) is 11.6 Å². The summed E-state index contributed by atoms with van der Waals surface area (Å²) in [5, 5.41) is 6.93. The molecule has 1 atom stereocenters. The van der Waals surface area contributed by atoms with Gasteiger partial charge in [0.05, 0.1) is 12.6 Å². The fraction of sp³-hybridized carbons (Fsp3) is 0.462. The molecule has 0 amide bonds. The predicted molar refractivity (Wildman–Crippen MR) is 77.0 cm³/mol. The van der Waals surface area contributed by atoms with Crippen molar-refractivity contribution in [1.29, 1.82) is 0 Å². The fourth-order valence-corrected chi connectivity index (χ4v) is 2.11. The third-order valence-corrected chi connectivity index (χ3v) is 3.16. The minimum absolute atomic E-state index is 0.0423. The van der Waals surface area contributed by atoms with Gasteiger partial charge < -0.3 is 9.88 Å². The Hall–Kier alpha value is -2.51. The van der Waals surface area contributed by atoms with E-state index in [0.717, 1.165) is 0 Å². The van der Waals surface area contributed by atoms with Gasteiger partial charge in [-0.3, -0.25) is 14.3 Å². The molecule has 1 unspecified atom stereocenters. The molecule has 1 N–H and O–H groups in total. The molecule has 2 heterocycles. The van der Waals surface area contributed by atoms with Crippen LogP contribution in [0.25, 0.3) is 0 Å². The number of ketones is 1. The van der Waals surface area contributed by atoms with Gasteiger partial charge in [-0.15, -0.1) is 0 Å². The number of Topliss-reactive ketones (excluding diaryl/α,β-unsaturated/α-hetero) is 1. The number of hydrogen-bond donors (Lipinski definition) is 1. The van der Waals surface area contributed by atoms with Crippen molar-refractivity contribution >= 4 is 11.6 Å².